The van der Waals surface area contributed by atoms with Crippen LogP contribution in [0, 0.1) is 6.92 Å². The molecule has 11 heteroatoms. The molecule has 1 amide bonds. The number of nitrogens with zero attached hydrogens (tertiary/aromatic N) is 7. The summed E-state index contributed by atoms with van der Waals surface area (Å²) < 4.78 is 7.36. The fourth-order valence-corrected chi connectivity index (χ4v) is 5.41. The quantitative estimate of drug-likeness (QED) is 0.511. The summed E-state index contributed by atoms with van der Waals surface area (Å²) in [7, 11) is 0. The van der Waals surface area contributed by atoms with Crippen molar-refractivity contribution in [1.29, 1.82) is 0 Å². The summed E-state index contributed by atoms with van der Waals surface area (Å²) in [5, 5.41) is 17.0. The highest BCUT2D eigenvalue weighted by Crippen LogP contribution is 2.28. The van der Waals surface area contributed by atoms with Gasteiger partial charge < -0.3 is 19.6 Å². The lowest BCUT2D eigenvalue weighted by molar-refractivity contribution is -0.0930. The number of hydrazine groups is 1. The van der Waals surface area contributed by atoms with Crippen LogP contribution in [0.25, 0.3) is 5.65 Å². The number of anilines is 2. The second kappa shape index (κ2) is 10.2. The normalized spacial score (nSPS) is 20.8. The Bertz CT molecular complexity index is 1380. The van der Waals surface area contributed by atoms with Crippen LogP contribution in [0.15, 0.2) is 48.7 Å². The third-order valence-electron chi connectivity index (χ3n) is 7.64. The Balaban J connectivity index is 1.28. The van der Waals surface area contributed by atoms with Gasteiger partial charge in [-0.1, -0.05) is 29.8 Å². The Kier molecular flexibility index (Phi) is 6.76. The maximum Gasteiger partial charge on any atom is 0.274 e. The van der Waals surface area contributed by atoms with Gasteiger partial charge in [-0.25, -0.2) is 10.4 Å². The number of piperazine rings is 1. The van der Waals surface area contributed by atoms with Crippen LogP contribution in [0.1, 0.15) is 41.5 Å². The van der Waals surface area contributed by atoms with Crippen molar-refractivity contribution in [3.63, 3.8) is 0 Å². The smallest absolute Gasteiger partial charge is 0.274 e. The summed E-state index contributed by atoms with van der Waals surface area (Å²) in [6.07, 6.45) is 4.12. The number of amides is 1. The molecule has 3 aliphatic heterocycles. The SMILES string of the molecule is Cc1cccc(C2C=CN(c3cc(N4CCOCC4)n4nc(C(=O)N5CCN(C(C)(C)O)CC5)cc4n3)N2)c1. The molecule has 2 saturated heterocycles. The highest BCUT2D eigenvalue weighted by Gasteiger charge is 2.31. The van der Waals surface area contributed by atoms with Gasteiger partial charge in [0.25, 0.3) is 5.91 Å². The van der Waals surface area contributed by atoms with Crippen molar-refractivity contribution in [1.82, 2.24) is 29.8 Å². The van der Waals surface area contributed by atoms with Gasteiger partial charge in [-0.05, 0) is 32.4 Å². The fourth-order valence-electron chi connectivity index (χ4n) is 5.41. The minimum absolute atomic E-state index is 0.0411. The Morgan fingerprint density at radius 2 is 1.85 bits per heavy atom. The lowest BCUT2D eigenvalue weighted by Gasteiger charge is -2.40. The zero-order valence-corrected chi connectivity index (χ0v) is 22.7. The van der Waals surface area contributed by atoms with Crippen molar-refractivity contribution >= 4 is 23.2 Å². The number of carbonyl (C=O) groups is 1. The highest BCUT2D eigenvalue weighted by atomic mass is 16.5. The number of hydrogen-bond donors (Lipinski definition) is 2. The first-order valence-corrected chi connectivity index (χ1v) is 13.6. The number of rotatable bonds is 5. The van der Waals surface area contributed by atoms with Crippen LogP contribution in [-0.4, -0.2) is 93.6 Å². The molecule has 2 aromatic heterocycles. The number of nitrogens with one attached hydrogen (secondary N) is 1. The van der Waals surface area contributed by atoms with Gasteiger partial charge in [0.2, 0.25) is 0 Å². The van der Waals surface area contributed by atoms with E-state index in [2.05, 4.69) is 47.6 Å². The van der Waals surface area contributed by atoms with Gasteiger partial charge in [0.1, 0.15) is 11.5 Å². The molecule has 206 valence electrons. The van der Waals surface area contributed by atoms with E-state index in [1.54, 1.807) is 29.3 Å². The number of aryl methyl sites for hydroxylation is 1. The van der Waals surface area contributed by atoms with E-state index in [-0.39, 0.29) is 11.9 Å². The first-order chi connectivity index (χ1) is 18.8. The standard InChI is InChI=1S/C28H36N8O3/c1-20-5-4-6-21(17-20)22-7-8-35(30-22)24-19-26(32-13-15-39-16-14-32)36-25(29-24)18-23(31-36)27(37)33-9-11-34(12-10-33)28(2,3)38/h4-8,17-19,22,30,38H,9-16H2,1-3H3. The Hall–Kier alpha value is -3.51. The Morgan fingerprint density at radius 3 is 2.56 bits per heavy atom. The monoisotopic (exact) mass is 532 g/mol. The average Bonchev–Trinajstić information content (AvgIpc) is 3.60. The number of carbonyl (C=O) groups excluding carboxylic acids is 1. The first-order valence-electron chi connectivity index (χ1n) is 13.6. The van der Waals surface area contributed by atoms with Gasteiger partial charge in [0.15, 0.2) is 17.2 Å². The molecule has 3 aromatic rings. The summed E-state index contributed by atoms with van der Waals surface area (Å²) in [6.45, 7) is 10.7. The number of aromatic nitrogens is 3. The fraction of sp³-hybridized carbons (Fsp3) is 0.464. The molecule has 1 atom stereocenters. The molecule has 6 rings (SSSR count). The van der Waals surface area contributed by atoms with Gasteiger partial charge in [0.05, 0.1) is 19.3 Å². The lowest BCUT2D eigenvalue weighted by Crippen LogP contribution is -2.55. The van der Waals surface area contributed by atoms with Crippen LogP contribution in [0.5, 0.6) is 0 Å². The van der Waals surface area contributed by atoms with E-state index in [0.29, 0.717) is 50.7 Å². The molecule has 11 nitrogen and oxygen atoms in total. The van der Waals surface area contributed by atoms with Gasteiger partial charge in [0, 0.05) is 57.6 Å². The van der Waals surface area contributed by atoms with E-state index in [1.165, 1.54) is 11.1 Å². The maximum absolute atomic E-state index is 13.5. The number of morpholine rings is 1. The molecule has 1 unspecified atom stereocenters. The van der Waals surface area contributed by atoms with E-state index in [0.717, 1.165) is 24.7 Å². The molecule has 0 bridgehead atoms. The topological polar surface area (TPSA) is 102 Å². The van der Waals surface area contributed by atoms with Crippen molar-refractivity contribution in [3.8, 4) is 0 Å². The summed E-state index contributed by atoms with van der Waals surface area (Å²) >= 11 is 0. The molecule has 2 fully saturated rings. The largest absolute Gasteiger partial charge is 0.378 e. The summed E-state index contributed by atoms with van der Waals surface area (Å²) in [5.74, 6) is 1.48. The van der Waals surface area contributed by atoms with Crippen LogP contribution in [-0.2, 0) is 4.74 Å². The number of ether oxygens (including phenoxy) is 1. The van der Waals surface area contributed by atoms with E-state index in [4.69, 9.17) is 14.8 Å². The second-order valence-corrected chi connectivity index (χ2v) is 10.9. The van der Waals surface area contributed by atoms with E-state index < -0.39 is 5.72 Å². The zero-order chi connectivity index (χ0) is 27.1. The molecule has 39 heavy (non-hydrogen) atoms. The van der Waals surface area contributed by atoms with Crippen molar-refractivity contribution in [3.05, 3.63) is 65.5 Å². The maximum atomic E-state index is 13.5. The number of benzene rings is 1. The van der Waals surface area contributed by atoms with Crippen molar-refractivity contribution < 1.29 is 14.6 Å². The van der Waals surface area contributed by atoms with Crippen LogP contribution in [0.3, 0.4) is 0 Å². The molecule has 0 aliphatic carbocycles. The molecular weight excluding hydrogens is 496 g/mol. The van der Waals surface area contributed by atoms with Crippen LogP contribution >= 0.6 is 0 Å². The summed E-state index contributed by atoms with van der Waals surface area (Å²) in [4.78, 5) is 24.4. The van der Waals surface area contributed by atoms with Crippen molar-refractivity contribution in [2.45, 2.75) is 32.5 Å². The molecule has 2 N–H and O–H groups in total. The molecule has 3 aliphatic rings. The predicted molar refractivity (Wildman–Crippen MR) is 148 cm³/mol. The third kappa shape index (κ3) is 5.22. The molecule has 0 saturated carbocycles. The zero-order valence-electron chi connectivity index (χ0n) is 22.7. The molecule has 1 aromatic carbocycles. The Morgan fingerprint density at radius 1 is 1.08 bits per heavy atom. The van der Waals surface area contributed by atoms with E-state index in [9.17, 15) is 9.90 Å². The first kappa shape index (κ1) is 25.8. The van der Waals surface area contributed by atoms with Gasteiger partial charge in [-0.15, -0.1) is 0 Å². The van der Waals surface area contributed by atoms with E-state index in [1.807, 2.05) is 22.2 Å². The average molecular weight is 533 g/mol. The highest BCUT2D eigenvalue weighted by molar-refractivity contribution is 5.93. The van der Waals surface area contributed by atoms with Crippen LogP contribution < -0.4 is 15.3 Å². The second-order valence-electron chi connectivity index (χ2n) is 10.9. The third-order valence-corrected chi connectivity index (χ3v) is 7.64. The van der Waals surface area contributed by atoms with Crippen LogP contribution in [0.4, 0.5) is 11.6 Å². The summed E-state index contributed by atoms with van der Waals surface area (Å²) in [5.41, 5.74) is 6.01. The molecule has 5 heterocycles. The van der Waals surface area contributed by atoms with Crippen molar-refractivity contribution in [2.75, 3.05) is 62.4 Å². The van der Waals surface area contributed by atoms with Crippen molar-refractivity contribution in [2.24, 2.45) is 0 Å². The van der Waals surface area contributed by atoms with Gasteiger partial charge in [-0.2, -0.15) is 9.61 Å². The lowest BCUT2D eigenvalue weighted by atomic mass is 10.1. The molecular formula is C28H36N8O3. The number of aliphatic hydroxyl groups is 1. The minimum Gasteiger partial charge on any atom is -0.378 e. The van der Waals surface area contributed by atoms with Gasteiger partial charge in [-0.3, -0.25) is 14.7 Å². The van der Waals surface area contributed by atoms with Gasteiger partial charge >= 0.3 is 0 Å². The number of hydrogen-bond acceptors (Lipinski definition) is 9. The molecule has 0 spiro atoms. The Labute approximate surface area is 228 Å². The minimum atomic E-state index is -0.901. The predicted octanol–water partition coefficient (Wildman–Crippen LogP) is 1.94. The van der Waals surface area contributed by atoms with E-state index >= 15 is 0 Å². The summed E-state index contributed by atoms with van der Waals surface area (Å²) in [6, 6.07) is 12.3. The van der Waals surface area contributed by atoms with Crippen LogP contribution in [0.2, 0.25) is 0 Å². The number of fused-ring (bicyclic) bond motifs is 1. The molecule has 0 radical (unpaired) electrons.